The van der Waals surface area contributed by atoms with Crippen LogP contribution in [0.5, 0.6) is 0 Å². The zero-order valence-electron chi connectivity index (χ0n) is 17.6. The first-order valence-corrected chi connectivity index (χ1v) is 10.6. The van der Waals surface area contributed by atoms with Crippen molar-refractivity contribution >= 4 is 42.3 Å². The van der Waals surface area contributed by atoms with Gasteiger partial charge in [0.05, 0.1) is 12.6 Å². The highest BCUT2D eigenvalue weighted by atomic mass is 32.1. The summed E-state index contributed by atoms with van der Waals surface area (Å²) < 4.78 is 0. The summed E-state index contributed by atoms with van der Waals surface area (Å²) in [6, 6.07) is 3.39. The molecule has 0 fully saturated rings. The highest BCUT2D eigenvalue weighted by Crippen LogP contribution is 2.05. The Morgan fingerprint density at radius 1 is 0.879 bits per heavy atom. The molecular weight excluding hydrogens is 456 g/mol. The third kappa shape index (κ3) is 9.89. The van der Waals surface area contributed by atoms with Crippen LogP contribution in [0, 0.1) is 0 Å². The van der Waals surface area contributed by atoms with E-state index in [1.807, 2.05) is 0 Å². The fourth-order valence-corrected chi connectivity index (χ4v) is 2.92. The van der Waals surface area contributed by atoms with E-state index in [2.05, 4.69) is 28.6 Å². The fourth-order valence-electron chi connectivity index (χ4n) is 2.67. The number of hydrogen-bond donors (Lipinski definition) is 8. The second-order valence-corrected chi connectivity index (χ2v) is 7.48. The topological polar surface area (TPSA) is 208 Å². The molecule has 0 bridgehead atoms. The van der Waals surface area contributed by atoms with Gasteiger partial charge in [-0.3, -0.25) is 19.2 Å². The third-order valence-electron chi connectivity index (χ3n) is 4.53. The van der Waals surface area contributed by atoms with E-state index in [1.54, 1.807) is 30.3 Å². The standard InChI is InChI=1S/C20H28N4O8S/c21-12(6-7-16(26)27)17(28)22-13(8-11-4-2-1-3-5-11)18(29)23-14(9-25)19(30)24-15(10-33)20(31)32/h1-5,12-15,25,33H,6-10,21H2,(H,22,28)(H,23,29)(H,24,30)(H,26,27)(H,31,32). The van der Waals surface area contributed by atoms with Gasteiger partial charge in [-0.05, 0) is 12.0 Å². The molecule has 0 heterocycles. The Balaban J connectivity index is 2.95. The molecule has 0 saturated carbocycles. The summed E-state index contributed by atoms with van der Waals surface area (Å²) in [5.74, 6) is -5.23. The van der Waals surface area contributed by atoms with Gasteiger partial charge < -0.3 is 37.0 Å². The van der Waals surface area contributed by atoms with Gasteiger partial charge in [-0.2, -0.15) is 12.6 Å². The lowest BCUT2D eigenvalue weighted by Gasteiger charge is -2.24. The van der Waals surface area contributed by atoms with Crippen LogP contribution in [-0.2, 0) is 30.4 Å². The number of aliphatic hydroxyl groups excluding tert-OH is 1. The van der Waals surface area contributed by atoms with Gasteiger partial charge >= 0.3 is 11.9 Å². The lowest BCUT2D eigenvalue weighted by Crippen LogP contribution is -2.58. The average molecular weight is 485 g/mol. The Morgan fingerprint density at radius 3 is 1.94 bits per heavy atom. The Kier molecular flexibility index (Phi) is 11.9. The number of nitrogens with two attached hydrogens (primary N) is 1. The Morgan fingerprint density at radius 2 is 1.42 bits per heavy atom. The van der Waals surface area contributed by atoms with Gasteiger partial charge in [0.15, 0.2) is 0 Å². The molecule has 0 aliphatic heterocycles. The highest BCUT2D eigenvalue weighted by Gasteiger charge is 2.30. The maximum atomic E-state index is 12.9. The Labute approximate surface area is 195 Å². The molecule has 0 aliphatic rings. The number of carbonyl (C=O) groups excluding carboxylic acids is 3. The smallest absolute Gasteiger partial charge is 0.327 e. The summed E-state index contributed by atoms with van der Waals surface area (Å²) in [7, 11) is 0. The summed E-state index contributed by atoms with van der Waals surface area (Å²) >= 11 is 3.83. The normalized spacial score (nSPS) is 14.3. The van der Waals surface area contributed by atoms with Crippen molar-refractivity contribution in [2.75, 3.05) is 12.4 Å². The van der Waals surface area contributed by atoms with E-state index in [-0.39, 0.29) is 25.0 Å². The van der Waals surface area contributed by atoms with Crippen molar-refractivity contribution < 1.29 is 39.3 Å². The number of nitrogens with one attached hydrogen (secondary N) is 3. The van der Waals surface area contributed by atoms with Crippen LogP contribution in [0.25, 0.3) is 0 Å². The van der Waals surface area contributed by atoms with Crippen molar-refractivity contribution in [3.8, 4) is 0 Å². The van der Waals surface area contributed by atoms with Crippen LogP contribution in [0.2, 0.25) is 0 Å². The van der Waals surface area contributed by atoms with Crippen LogP contribution >= 0.6 is 12.6 Å². The molecule has 0 radical (unpaired) electrons. The van der Waals surface area contributed by atoms with Gasteiger partial charge in [-0.1, -0.05) is 30.3 Å². The molecule has 1 aromatic carbocycles. The molecular formula is C20H28N4O8S. The average Bonchev–Trinajstić information content (AvgIpc) is 2.78. The molecule has 0 saturated heterocycles. The lowest BCUT2D eigenvalue weighted by atomic mass is 10.0. The van der Waals surface area contributed by atoms with Gasteiger partial charge in [0, 0.05) is 18.6 Å². The summed E-state index contributed by atoms with van der Waals surface area (Å²) in [5, 5.41) is 34.2. The van der Waals surface area contributed by atoms with Crippen LogP contribution in [0.3, 0.4) is 0 Å². The molecule has 1 rings (SSSR count). The van der Waals surface area contributed by atoms with E-state index in [1.165, 1.54) is 0 Å². The molecule has 12 nitrogen and oxygen atoms in total. The number of benzene rings is 1. The summed E-state index contributed by atoms with van der Waals surface area (Å²) in [6.45, 7) is -0.833. The largest absolute Gasteiger partial charge is 0.481 e. The number of carbonyl (C=O) groups is 5. The van der Waals surface area contributed by atoms with Gasteiger partial charge in [0.2, 0.25) is 17.7 Å². The number of carboxylic acid groups (broad SMARTS) is 2. The maximum Gasteiger partial charge on any atom is 0.327 e. The van der Waals surface area contributed by atoms with Crippen LogP contribution in [0.15, 0.2) is 30.3 Å². The van der Waals surface area contributed by atoms with Crippen LogP contribution in [0.1, 0.15) is 18.4 Å². The highest BCUT2D eigenvalue weighted by molar-refractivity contribution is 7.80. The lowest BCUT2D eigenvalue weighted by molar-refractivity contribution is -0.142. The van der Waals surface area contributed by atoms with Crippen molar-refractivity contribution in [3.63, 3.8) is 0 Å². The zero-order chi connectivity index (χ0) is 25.0. The number of hydrogen-bond acceptors (Lipinski definition) is 8. The van der Waals surface area contributed by atoms with Gasteiger partial charge in [-0.15, -0.1) is 0 Å². The first-order chi connectivity index (χ1) is 15.6. The molecule has 4 atom stereocenters. The van der Waals surface area contributed by atoms with Crippen molar-refractivity contribution in [2.24, 2.45) is 5.73 Å². The van der Waals surface area contributed by atoms with E-state index in [0.717, 1.165) is 0 Å². The molecule has 182 valence electrons. The first-order valence-electron chi connectivity index (χ1n) is 9.96. The number of thiol groups is 1. The van der Waals surface area contributed by atoms with E-state index < -0.39 is 60.4 Å². The SMILES string of the molecule is NC(CCC(=O)O)C(=O)NC(Cc1ccccc1)C(=O)NC(CO)C(=O)NC(CS)C(=O)O. The van der Waals surface area contributed by atoms with Crippen LogP contribution in [-0.4, -0.2) is 81.5 Å². The Hall–Kier alpha value is -3.16. The molecule has 4 unspecified atom stereocenters. The molecule has 33 heavy (non-hydrogen) atoms. The predicted molar refractivity (Wildman–Crippen MR) is 119 cm³/mol. The molecule has 3 amide bonds. The van der Waals surface area contributed by atoms with Crippen LogP contribution < -0.4 is 21.7 Å². The minimum atomic E-state index is -1.49. The summed E-state index contributed by atoms with van der Waals surface area (Å²) in [5.41, 5.74) is 6.38. The molecule has 0 spiro atoms. The maximum absolute atomic E-state index is 12.9. The molecule has 8 N–H and O–H groups in total. The van der Waals surface area contributed by atoms with Crippen LogP contribution in [0.4, 0.5) is 0 Å². The quantitative estimate of drug-likeness (QED) is 0.136. The molecule has 0 aromatic heterocycles. The minimum absolute atomic E-state index is 0.0121. The van der Waals surface area contributed by atoms with Gasteiger partial charge in [-0.25, -0.2) is 4.79 Å². The molecule has 13 heteroatoms. The number of aliphatic carboxylic acids is 2. The first kappa shape index (κ1) is 27.9. The number of aliphatic hydroxyl groups is 1. The van der Waals surface area contributed by atoms with Gasteiger partial charge in [0.1, 0.15) is 18.1 Å². The second-order valence-electron chi connectivity index (χ2n) is 7.12. The van der Waals surface area contributed by atoms with E-state index >= 15 is 0 Å². The second kappa shape index (κ2) is 14.1. The van der Waals surface area contributed by atoms with E-state index in [4.69, 9.17) is 15.9 Å². The summed E-state index contributed by atoms with van der Waals surface area (Å²) in [4.78, 5) is 59.3. The monoisotopic (exact) mass is 484 g/mol. The van der Waals surface area contributed by atoms with E-state index in [0.29, 0.717) is 5.56 Å². The fraction of sp³-hybridized carbons (Fsp3) is 0.450. The summed E-state index contributed by atoms with van der Waals surface area (Å²) in [6.07, 6.45) is -0.478. The third-order valence-corrected chi connectivity index (χ3v) is 4.90. The number of rotatable bonds is 14. The van der Waals surface area contributed by atoms with Crippen molar-refractivity contribution in [3.05, 3.63) is 35.9 Å². The van der Waals surface area contributed by atoms with Gasteiger partial charge in [0.25, 0.3) is 0 Å². The Bertz CT molecular complexity index is 839. The van der Waals surface area contributed by atoms with Crippen molar-refractivity contribution in [2.45, 2.75) is 43.4 Å². The van der Waals surface area contributed by atoms with Crippen molar-refractivity contribution in [1.29, 1.82) is 0 Å². The molecule has 1 aromatic rings. The number of amides is 3. The zero-order valence-corrected chi connectivity index (χ0v) is 18.5. The predicted octanol–water partition coefficient (Wildman–Crippen LogP) is -2.12. The minimum Gasteiger partial charge on any atom is -0.481 e. The van der Waals surface area contributed by atoms with Crippen molar-refractivity contribution in [1.82, 2.24) is 16.0 Å². The molecule has 0 aliphatic carbocycles. The number of carboxylic acids is 2. The van der Waals surface area contributed by atoms with E-state index in [9.17, 15) is 29.1 Å².